The van der Waals surface area contributed by atoms with Crippen LogP contribution in [-0.2, 0) is 11.2 Å². The van der Waals surface area contributed by atoms with Gasteiger partial charge >= 0.3 is 0 Å². The van der Waals surface area contributed by atoms with Crippen molar-refractivity contribution in [1.29, 1.82) is 0 Å². The highest BCUT2D eigenvalue weighted by Crippen LogP contribution is 2.22. The van der Waals surface area contributed by atoms with Crippen LogP contribution in [0.2, 0.25) is 0 Å². The van der Waals surface area contributed by atoms with Crippen LogP contribution in [0.15, 0.2) is 36.8 Å². The molecule has 1 aromatic heterocycles. The molecule has 0 unspecified atom stereocenters. The van der Waals surface area contributed by atoms with Crippen LogP contribution < -0.4 is 4.90 Å². The molecule has 1 aliphatic heterocycles. The number of carbonyl (C=O) groups excluding carboxylic acids is 1. The number of nitrogens with zero attached hydrogens (tertiary/aromatic N) is 3. The van der Waals surface area contributed by atoms with Crippen LogP contribution >= 0.6 is 0 Å². The fourth-order valence-corrected chi connectivity index (χ4v) is 2.71. The maximum Gasteiger partial charge on any atom is 0.152 e. The van der Waals surface area contributed by atoms with E-state index in [1.807, 2.05) is 6.20 Å². The first-order valence-electron chi connectivity index (χ1n) is 7.33. The Kier molecular flexibility index (Phi) is 3.95. The van der Waals surface area contributed by atoms with Gasteiger partial charge in [0.15, 0.2) is 5.78 Å². The van der Waals surface area contributed by atoms with Crippen molar-refractivity contribution in [3.63, 3.8) is 0 Å². The van der Waals surface area contributed by atoms with Crippen molar-refractivity contribution >= 4 is 11.6 Å². The van der Waals surface area contributed by atoms with E-state index in [2.05, 4.69) is 46.1 Å². The third kappa shape index (κ3) is 3.27. The van der Waals surface area contributed by atoms with E-state index < -0.39 is 0 Å². The number of benzene rings is 1. The van der Waals surface area contributed by atoms with Gasteiger partial charge in [-0.25, -0.2) is 9.97 Å². The van der Waals surface area contributed by atoms with E-state index in [1.165, 1.54) is 11.1 Å². The molecule has 0 N–H and O–H groups in total. The standard InChI is InChI=1S/C17H19N3O/c1-13-4-6-14(7-5-13)9-15-10-18-12-19-17(15)20-8-2-3-16(21)11-20/h4-7,10,12H,2-3,8-9,11H2,1H3. The Morgan fingerprint density at radius 3 is 2.81 bits per heavy atom. The number of hydrogen-bond acceptors (Lipinski definition) is 4. The number of ketones is 1. The molecule has 0 saturated carbocycles. The fourth-order valence-electron chi connectivity index (χ4n) is 2.71. The van der Waals surface area contributed by atoms with Gasteiger partial charge in [-0.05, 0) is 18.9 Å². The number of rotatable bonds is 3. The van der Waals surface area contributed by atoms with Crippen molar-refractivity contribution in [2.75, 3.05) is 18.0 Å². The van der Waals surface area contributed by atoms with E-state index in [0.717, 1.165) is 30.8 Å². The summed E-state index contributed by atoms with van der Waals surface area (Å²) in [6, 6.07) is 8.49. The van der Waals surface area contributed by atoms with Crippen molar-refractivity contribution in [1.82, 2.24) is 9.97 Å². The minimum atomic E-state index is 0.293. The van der Waals surface area contributed by atoms with E-state index in [9.17, 15) is 4.79 Å². The van der Waals surface area contributed by atoms with Crippen LogP contribution in [0.4, 0.5) is 5.82 Å². The Bertz CT molecular complexity index is 637. The zero-order valence-corrected chi connectivity index (χ0v) is 12.2. The summed E-state index contributed by atoms with van der Waals surface area (Å²) in [5.41, 5.74) is 3.57. The number of carbonyl (C=O) groups is 1. The molecule has 0 amide bonds. The zero-order chi connectivity index (χ0) is 14.7. The summed E-state index contributed by atoms with van der Waals surface area (Å²) in [5, 5.41) is 0. The molecule has 108 valence electrons. The number of hydrogen-bond donors (Lipinski definition) is 0. The minimum Gasteiger partial charge on any atom is -0.349 e. The number of piperidine rings is 1. The molecule has 0 radical (unpaired) electrons. The molecule has 0 atom stereocenters. The van der Waals surface area contributed by atoms with Crippen molar-refractivity contribution in [2.24, 2.45) is 0 Å². The SMILES string of the molecule is Cc1ccc(Cc2cncnc2N2CCCC(=O)C2)cc1. The Hall–Kier alpha value is -2.23. The highest BCUT2D eigenvalue weighted by atomic mass is 16.1. The Morgan fingerprint density at radius 2 is 2.05 bits per heavy atom. The molecule has 3 rings (SSSR count). The summed E-state index contributed by atoms with van der Waals surface area (Å²) in [5.74, 6) is 1.19. The molecular weight excluding hydrogens is 262 g/mol. The molecule has 1 aliphatic rings. The number of Topliss-reactive ketones (excluding diaryl/α,β-unsaturated/α-hetero) is 1. The van der Waals surface area contributed by atoms with Gasteiger partial charge in [0.1, 0.15) is 12.1 Å². The predicted molar refractivity (Wildman–Crippen MR) is 82.5 cm³/mol. The Labute approximate surface area is 124 Å². The molecule has 21 heavy (non-hydrogen) atoms. The van der Waals surface area contributed by atoms with Crippen LogP contribution in [0.1, 0.15) is 29.5 Å². The molecule has 1 saturated heterocycles. The third-order valence-electron chi connectivity index (χ3n) is 3.83. The van der Waals surface area contributed by atoms with E-state index in [1.54, 1.807) is 6.33 Å². The number of aromatic nitrogens is 2. The highest BCUT2D eigenvalue weighted by Gasteiger charge is 2.20. The lowest BCUT2D eigenvalue weighted by Gasteiger charge is -2.28. The van der Waals surface area contributed by atoms with Gasteiger partial charge in [0, 0.05) is 31.1 Å². The molecular formula is C17H19N3O. The lowest BCUT2D eigenvalue weighted by Crippen LogP contribution is -2.36. The van der Waals surface area contributed by atoms with Crippen molar-refractivity contribution < 1.29 is 4.79 Å². The summed E-state index contributed by atoms with van der Waals surface area (Å²) in [6.07, 6.45) is 5.82. The van der Waals surface area contributed by atoms with Crippen molar-refractivity contribution in [2.45, 2.75) is 26.2 Å². The van der Waals surface area contributed by atoms with Gasteiger partial charge in [-0.2, -0.15) is 0 Å². The maximum atomic E-state index is 11.7. The summed E-state index contributed by atoms with van der Waals surface area (Å²) in [7, 11) is 0. The van der Waals surface area contributed by atoms with Gasteiger partial charge in [0.25, 0.3) is 0 Å². The van der Waals surface area contributed by atoms with E-state index in [4.69, 9.17) is 0 Å². The second-order valence-corrected chi connectivity index (χ2v) is 5.60. The normalized spacial score (nSPS) is 15.3. The van der Waals surface area contributed by atoms with Crippen molar-refractivity contribution in [3.05, 3.63) is 53.5 Å². The third-order valence-corrected chi connectivity index (χ3v) is 3.83. The lowest BCUT2D eigenvalue weighted by molar-refractivity contribution is -0.118. The molecule has 0 spiro atoms. The average Bonchev–Trinajstić information content (AvgIpc) is 2.50. The summed E-state index contributed by atoms with van der Waals surface area (Å²) in [4.78, 5) is 22.3. The smallest absolute Gasteiger partial charge is 0.152 e. The van der Waals surface area contributed by atoms with E-state index in [0.29, 0.717) is 18.7 Å². The molecule has 2 heterocycles. The van der Waals surface area contributed by atoms with Crippen LogP contribution in [-0.4, -0.2) is 28.8 Å². The lowest BCUT2D eigenvalue weighted by atomic mass is 10.0. The molecule has 4 nitrogen and oxygen atoms in total. The zero-order valence-electron chi connectivity index (χ0n) is 12.2. The fraction of sp³-hybridized carbons (Fsp3) is 0.353. The Balaban J connectivity index is 1.85. The topological polar surface area (TPSA) is 46.1 Å². The molecule has 1 aromatic carbocycles. The van der Waals surface area contributed by atoms with Gasteiger partial charge < -0.3 is 4.90 Å². The molecule has 2 aromatic rings. The first-order valence-corrected chi connectivity index (χ1v) is 7.33. The number of aryl methyl sites for hydroxylation is 1. The monoisotopic (exact) mass is 281 g/mol. The maximum absolute atomic E-state index is 11.7. The van der Waals surface area contributed by atoms with Gasteiger partial charge in [0.05, 0.1) is 6.54 Å². The first-order chi connectivity index (χ1) is 10.2. The van der Waals surface area contributed by atoms with E-state index >= 15 is 0 Å². The van der Waals surface area contributed by atoms with Crippen LogP contribution in [0, 0.1) is 6.92 Å². The van der Waals surface area contributed by atoms with Gasteiger partial charge in [0.2, 0.25) is 0 Å². The van der Waals surface area contributed by atoms with Gasteiger partial charge in [-0.15, -0.1) is 0 Å². The van der Waals surface area contributed by atoms with Gasteiger partial charge in [-0.1, -0.05) is 29.8 Å². The largest absolute Gasteiger partial charge is 0.349 e. The molecule has 0 aliphatic carbocycles. The molecule has 1 fully saturated rings. The molecule has 4 heteroatoms. The second kappa shape index (κ2) is 6.04. The average molecular weight is 281 g/mol. The summed E-state index contributed by atoms with van der Waals surface area (Å²) >= 11 is 0. The van der Waals surface area contributed by atoms with Gasteiger partial charge in [-0.3, -0.25) is 4.79 Å². The van der Waals surface area contributed by atoms with E-state index in [-0.39, 0.29) is 0 Å². The minimum absolute atomic E-state index is 0.293. The predicted octanol–water partition coefficient (Wildman–Crippen LogP) is 2.55. The van der Waals surface area contributed by atoms with Crippen LogP contribution in [0.3, 0.4) is 0 Å². The quantitative estimate of drug-likeness (QED) is 0.867. The second-order valence-electron chi connectivity index (χ2n) is 5.60. The van der Waals surface area contributed by atoms with Crippen LogP contribution in [0.5, 0.6) is 0 Å². The summed E-state index contributed by atoms with van der Waals surface area (Å²) in [6.45, 7) is 3.45. The Morgan fingerprint density at radius 1 is 1.24 bits per heavy atom. The first kappa shape index (κ1) is 13.7. The highest BCUT2D eigenvalue weighted by molar-refractivity contribution is 5.84. The summed E-state index contributed by atoms with van der Waals surface area (Å²) < 4.78 is 0. The van der Waals surface area contributed by atoms with Crippen molar-refractivity contribution in [3.8, 4) is 0 Å². The van der Waals surface area contributed by atoms with Crippen LogP contribution in [0.25, 0.3) is 0 Å². The number of anilines is 1. The molecule has 0 bridgehead atoms.